The molecule has 0 bridgehead atoms. The van der Waals surface area contributed by atoms with Crippen molar-refractivity contribution in [1.29, 1.82) is 5.26 Å². The molecule has 0 N–H and O–H groups in total. The third kappa shape index (κ3) is 3.27. The Kier molecular flexibility index (Phi) is 3.63. The van der Waals surface area contributed by atoms with Gasteiger partial charge in [-0.05, 0) is 12.1 Å². The summed E-state index contributed by atoms with van der Waals surface area (Å²) in [4.78, 5) is 12.3. The van der Waals surface area contributed by atoms with Gasteiger partial charge in [-0.2, -0.15) is 5.26 Å². The zero-order valence-electron chi connectivity index (χ0n) is 8.11. The summed E-state index contributed by atoms with van der Waals surface area (Å²) in [5.74, 6) is -0.368. The van der Waals surface area contributed by atoms with Crippen molar-refractivity contribution in [3.63, 3.8) is 0 Å². The van der Waals surface area contributed by atoms with Crippen LogP contribution >= 0.6 is 0 Å². The number of rotatable bonds is 2. The minimum absolute atomic E-state index is 0.0752. The molecule has 5 heteroatoms. The molecule has 0 atom stereocenters. The molecule has 0 saturated heterocycles. The summed E-state index contributed by atoms with van der Waals surface area (Å²) in [5, 5.41) is 8.34. The summed E-state index contributed by atoms with van der Waals surface area (Å²) >= 11 is 0. The average molecular weight is 208 g/mol. The Balaban J connectivity index is 2.63. The number of ether oxygens (including phenoxy) is 1. The first-order chi connectivity index (χ1) is 7.13. The van der Waals surface area contributed by atoms with Gasteiger partial charge < -0.3 is 4.74 Å². The Labute approximate surface area is 86.5 Å². The minimum Gasteiger partial charge on any atom is -0.410 e. The molecule has 1 amide bonds. The van der Waals surface area contributed by atoms with Crippen LogP contribution in [0, 0.1) is 17.1 Å². The second-order valence-corrected chi connectivity index (χ2v) is 2.84. The van der Waals surface area contributed by atoms with E-state index in [2.05, 4.69) is 0 Å². The van der Waals surface area contributed by atoms with Crippen molar-refractivity contribution >= 4 is 6.09 Å². The lowest BCUT2D eigenvalue weighted by Gasteiger charge is -2.12. The largest absolute Gasteiger partial charge is 0.415 e. The fourth-order valence-electron chi connectivity index (χ4n) is 0.880. The molecule has 0 heterocycles. The Morgan fingerprint density at radius 2 is 2.40 bits per heavy atom. The average Bonchev–Trinajstić information content (AvgIpc) is 2.18. The summed E-state index contributed by atoms with van der Waals surface area (Å²) in [6.45, 7) is -0.0752. The lowest BCUT2D eigenvalue weighted by molar-refractivity contribution is 0.167. The van der Waals surface area contributed by atoms with Crippen molar-refractivity contribution < 1.29 is 13.9 Å². The maximum Gasteiger partial charge on any atom is 0.415 e. The van der Waals surface area contributed by atoms with E-state index in [4.69, 9.17) is 10.00 Å². The number of amides is 1. The Morgan fingerprint density at radius 3 is 3.00 bits per heavy atom. The van der Waals surface area contributed by atoms with Gasteiger partial charge in [-0.3, -0.25) is 4.90 Å². The monoisotopic (exact) mass is 208 g/mol. The molecule has 78 valence electrons. The number of hydrogen-bond donors (Lipinski definition) is 0. The number of nitrogens with zero attached hydrogens (tertiary/aromatic N) is 2. The van der Waals surface area contributed by atoms with Crippen molar-refractivity contribution in [3.8, 4) is 11.8 Å². The van der Waals surface area contributed by atoms with Crippen LogP contribution in [-0.2, 0) is 0 Å². The molecule has 15 heavy (non-hydrogen) atoms. The van der Waals surface area contributed by atoms with E-state index in [1.807, 2.05) is 0 Å². The van der Waals surface area contributed by atoms with E-state index < -0.39 is 11.9 Å². The molecule has 1 rings (SSSR count). The molecule has 0 saturated carbocycles. The molecule has 1 aromatic rings. The first kappa shape index (κ1) is 11.0. The first-order valence-electron chi connectivity index (χ1n) is 4.19. The fourth-order valence-corrected chi connectivity index (χ4v) is 0.880. The van der Waals surface area contributed by atoms with Gasteiger partial charge in [0.1, 0.15) is 18.1 Å². The summed E-state index contributed by atoms with van der Waals surface area (Å²) in [6, 6.07) is 7.03. The fraction of sp³-hybridized carbons (Fsp3) is 0.200. The second-order valence-electron chi connectivity index (χ2n) is 2.84. The van der Waals surface area contributed by atoms with Crippen LogP contribution in [0.3, 0.4) is 0 Å². The van der Waals surface area contributed by atoms with Gasteiger partial charge in [-0.25, -0.2) is 9.18 Å². The van der Waals surface area contributed by atoms with Gasteiger partial charge in [0.15, 0.2) is 0 Å². The Morgan fingerprint density at radius 1 is 1.67 bits per heavy atom. The standard InChI is InChI=1S/C10H9FN2O2/c1-13(6-5-12)10(14)15-9-4-2-3-8(11)7-9/h2-4,7H,6H2,1H3. The van der Waals surface area contributed by atoms with Crippen LogP contribution in [0.5, 0.6) is 5.75 Å². The lowest BCUT2D eigenvalue weighted by Crippen LogP contribution is -2.29. The predicted molar refractivity (Wildman–Crippen MR) is 50.7 cm³/mol. The van der Waals surface area contributed by atoms with E-state index >= 15 is 0 Å². The van der Waals surface area contributed by atoms with E-state index in [-0.39, 0.29) is 12.3 Å². The highest BCUT2D eigenvalue weighted by Crippen LogP contribution is 2.12. The van der Waals surface area contributed by atoms with Crippen molar-refractivity contribution in [2.75, 3.05) is 13.6 Å². The predicted octanol–water partition coefficient (Wildman–Crippen LogP) is 1.78. The zero-order chi connectivity index (χ0) is 11.3. The SMILES string of the molecule is CN(CC#N)C(=O)Oc1cccc(F)c1. The highest BCUT2D eigenvalue weighted by molar-refractivity contribution is 5.70. The molecule has 0 aliphatic carbocycles. The molecular formula is C10H9FN2O2. The number of benzene rings is 1. The van der Waals surface area contributed by atoms with E-state index in [0.29, 0.717) is 0 Å². The highest BCUT2D eigenvalue weighted by atomic mass is 19.1. The van der Waals surface area contributed by atoms with Gasteiger partial charge in [0.25, 0.3) is 0 Å². The topological polar surface area (TPSA) is 53.3 Å². The summed E-state index contributed by atoms with van der Waals surface area (Å²) in [5.41, 5.74) is 0. The van der Waals surface area contributed by atoms with Gasteiger partial charge in [-0.15, -0.1) is 0 Å². The van der Waals surface area contributed by atoms with Gasteiger partial charge in [0.05, 0.1) is 6.07 Å². The molecule has 1 aromatic carbocycles. The number of nitriles is 1. The van der Waals surface area contributed by atoms with Crippen LogP contribution in [-0.4, -0.2) is 24.6 Å². The molecule has 0 fully saturated rings. The van der Waals surface area contributed by atoms with Crippen LogP contribution in [0.25, 0.3) is 0 Å². The number of halogens is 1. The van der Waals surface area contributed by atoms with Gasteiger partial charge in [0, 0.05) is 13.1 Å². The smallest absolute Gasteiger partial charge is 0.410 e. The van der Waals surface area contributed by atoms with E-state index in [0.717, 1.165) is 11.0 Å². The zero-order valence-corrected chi connectivity index (χ0v) is 8.11. The number of carbonyl (C=O) groups is 1. The van der Waals surface area contributed by atoms with Crippen LogP contribution in [0.4, 0.5) is 9.18 Å². The summed E-state index contributed by atoms with van der Waals surface area (Å²) < 4.78 is 17.5. The van der Waals surface area contributed by atoms with Crippen molar-refractivity contribution in [1.82, 2.24) is 4.90 Å². The van der Waals surface area contributed by atoms with E-state index in [1.54, 1.807) is 6.07 Å². The van der Waals surface area contributed by atoms with Crippen molar-refractivity contribution in [3.05, 3.63) is 30.1 Å². The summed E-state index contributed by atoms with van der Waals surface area (Å²) in [6.07, 6.45) is -0.692. The number of hydrogen-bond acceptors (Lipinski definition) is 3. The molecule has 0 aliphatic heterocycles. The van der Waals surface area contributed by atoms with Gasteiger partial charge >= 0.3 is 6.09 Å². The van der Waals surface area contributed by atoms with Crippen molar-refractivity contribution in [2.45, 2.75) is 0 Å². The van der Waals surface area contributed by atoms with Crippen molar-refractivity contribution in [2.24, 2.45) is 0 Å². The van der Waals surface area contributed by atoms with E-state index in [9.17, 15) is 9.18 Å². The second kappa shape index (κ2) is 4.96. The quantitative estimate of drug-likeness (QED) is 0.696. The van der Waals surface area contributed by atoms with Crippen LogP contribution in [0.2, 0.25) is 0 Å². The lowest BCUT2D eigenvalue weighted by atomic mass is 10.3. The molecule has 4 nitrogen and oxygen atoms in total. The molecular weight excluding hydrogens is 199 g/mol. The third-order valence-electron chi connectivity index (χ3n) is 1.62. The number of carbonyl (C=O) groups excluding carboxylic acids is 1. The molecule has 0 spiro atoms. The molecule has 0 aromatic heterocycles. The highest BCUT2D eigenvalue weighted by Gasteiger charge is 2.10. The van der Waals surface area contributed by atoms with Crippen LogP contribution < -0.4 is 4.74 Å². The normalized spacial score (nSPS) is 9.13. The Hall–Kier alpha value is -2.09. The van der Waals surface area contributed by atoms with E-state index in [1.165, 1.54) is 25.2 Å². The molecule has 0 aliphatic rings. The minimum atomic E-state index is -0.692. The summed E-state index contributed by atoms with van der Waals surface area (Å²) in [7, 11) is 1.42. The molecule has 0 unspecified atom stereocenters. The van der Waals surface area contributed by atoms with Crippen LogP contribution in [0.15, 0.2) is 24.3 Å². The first-order valence-corrected chi connectivity index (χ1v) is 4.19. The maximum absolute atomic E-state index is 12.7. The molecule has 0 radical (unpaired) electrons. The maximum atomic E-state index is 12.7. The van der Waals surface area contributed by atoms with Gasteiger partial charge in [0.2, 0.25) is 0 Å². The third-order valence-corrected chi connectivity index (χ3v) is 1.62. The van der Waals surface area contributed by atoms with Gasteiger partial charge in [-0.1, -0.05) is 6.07 Å². The van der Waals surface area contributed by atoms with Crippen LogP contribution in [0.1, 0.15) is 0 Å². The Bertz CT molecular complexity index is 401.